The molecule has 3 N–H and O–H groups in total. The summed E-state index contributed by atoms with van der Waals surface area (Å²) >= 11 is 1.71. The minimum Gasteiger partial charge on any atom is -0.271 e. The molecule has 0 radical (unpaired) electrons. The molecule has 14 heavy (non-hydrogen) atoms. The molecular formula is C10H17N3S. The van der Waals surface area contributed by atoms with E-state index in [1.165, 1.54) is 17.8 Å². The summed E-state index contributed by atoms with van der Waals surface area (Å²) < 4.78 is 0. The quantitative estimate of drug-likeness (QED) is 0.574. The summed E-state index contributed by atoms with van der Waals surface area (Å²) in [6, 6.07) is 0.383. The maximum absolute atomic E-state index is 5.58. The molecule has 1 aliphatic carbocycles. The van der Waals surface area contributed by atoms with Gasteiger partial charge >= 0.3 is 0 Å². The van der Waals surface area contributed by atoms with E-state index in [9.17, 15) is 0 Å². The minimum absolute atomic E-state index is 0.383. The molecule has 0 aliphatic heterocycles. The first-order valence-corrected chi connectivity index (χ1v) is 6.03. The highest BCUT2D eigenvalue weighted by Crippen LogP contribution is 2.38. The monoisotopic (exact) mass is 211 g/mol. The zero-order chi connectivity index (χ0) is 9.97. The predicted octanol–water partition coefficient (Wildman–Crippen LogP) is 1.56. The molecule has 2 atom stereocenters. The van der Waals surface area contributed by atoms with E-state index in [0.29, 0.717) is 12.0 Å². The first-order chi connectivity index (χ1) is 6.81. The predicted molar refractivity (Wildman–Crippen MR) is 58.8 cm³/mol. The third-order valence-corrected chi connectivity index (χ3v) is 3.89. The molecule has 0 aromatic carbocycles. The van der Waals surface area contributed by atoms with Crippen molar-refractivity contribution in [3.8, 4) is 0 Å². The van der Waals surface area contributed by atoms with E-state index in [2.05, 4.69) is 17.3 Å². The smallest absolute Gasteiger partial charge is 0.0940 e. The van der Waals surface area contributed by atoms with Crippen LogP contribution in [0.15, 0.2) is 11.6 Å². The molecule has 0 spiro atoms. The van der Waals surface area contributed by atoms with E-state index >= 15 is 0 Å². The van der Waals surface area contributed by atoms with Crippen LogP contribution in [0.1, 0.15) is 24.8 Å². The van der Waals surface area contributed by atoms with Crippen molar-refractivity contribution in [3.63, 3.8) is 0 Å². The molecule has 4 heteroatoms. The molecule has 2 rings (SSSR count). The van der Waals surface area contributed by atoms with Gasteiger partial charge in [-0.3, -0.25) is 11.3 Å². The maximum atomic E-state index is 5.58. The number of hydrazine groups is 1. The van der Waals surface area contributed by atoms with Gasteiger partial charge in [0.15, 0.2) is 0 Å². The average Bonchev–Trinajstić information content (AvgIpc) is 2.93. The normalized spacial score (nSPS) is 20.7. The van der Waals surface area contributed by atoms with Crippen LogP contribution in [-0.2, 0) is 6.42 Å². The number of nitrogens with two attached hydrogens (primary N) is 1. The molecule has 2 unspecified atom stereocenters. The SMILES string of the molecule is CC(C1CC1)C(Cc1nccs1)NN. The standard InChI is InChI=1S/C10H17N3S/c1-7(8-2-3-8)9(13-11)6-10-12-4-5-14-10/h4-5,7-9,13H,2-3,6,11H2,1H3. The van der Waals surface area contributed by atoms with Crippen LogP contribution in [0.2, 0.25) is 0 Å². The van der Waals surface area contributed by atoms with Gasteiger partial charge in [0.25, 0.3) is 0 Å². The van der Waals surface area contributed by atoms with Gasteiger partial charge in [-0.05, 0) is 24.7 Å². The lowest BCUT2D eigenvalue weighted by Crippen LogP contribution is -2.42. The molecular weight excluding hydrogens is 194 g/mol. The Labute approximate surface area is 88.7 Å². The van der Waals surface area contributed by atoms with E-state index in [4.69, 9.17) is 5.84 Å². The Morgan fingerprint density at radius 1 is 1.71 bits per heavy atom. The fourth-order valence-electron chi connectivity index (χ4n) is 1.89. The molecule has 3 nitrogen and oxygen atoms in total. The Morgan fingerprint density at radius 3 is 3.00 bits per heavy atom. The summed E-state index contributed by atoms with van der Waals surface area (Å²) in [5, 5.41) is 3.20. The van der Waals surface area contributed by atoms with Gasteiger partial charge < -0.3 is 0 Å². The second kappa shape index (κ2) is 4.38. The fourth-order valence-corrected chi connectivity index (χ4v) is 2.57. The summed E-state index contributed by atoms with van der Waals surface area (Å²) in [6.07, 6.45) is 5.57. The number of nitrogens with zero attached hydrogens (tertiary/aromatic N) is 1. The zero-order valence-electron chi connectivity index (χ0n) is 8.44. The Hall–Kier alpha value is -0.450. The third kappa shape index (κ3) is 2.32. The van der Waals surface area contributed by atoms with Crippen LogP contribution < -0.4 is 11.3 Å². The summed E-state index contributed by atoms with van der Waals surface area (Å²) in [5.41, 5.74) is 2.93. The Morgan fingerprint density at radius 2 is 2.50 bits per heavy atom. The topological polar surface area (TPSA) is 50.9 Å². The summed E-state index contributed by atoms with van der Waals surface area (Å²) in [6.45, 7) is 2.29. The van der Waals surface area contributed by atoms with E-state index in [1.54, 1.807) is 11.3 Å². The second-order valence-electron chi connectivity index (χ2n) is 4.10. The highest BCUT2D eigenvalue weighted by molar-refractivity contribution is 7.09. The molecule has 1 fully saturated rings. The number of hydrogen-bond donors (Lipinski definition) is 2. The number of thiazole rings is 1. The van der Waals surface area contributed by atoms with Crippen molar-refractivity contribution in [2.75, 3.05) is 0 Å². The fraction of sp³-hybridized carbons (Fsp3) is 0.700. The van der Waals surface area contributed by atoms with Crippen LogP contribution in [0, 0.1) is 11.8 Å². The zero-order valence-corrected chi connectivity index (χ0v) is 9.26. The third-order valence-electron chi connectivity index (χ3n) is 3.09. The molecule has 1 saturated carbocycles. The van der Waals surface area contributed by atoms with Crippen molar-refractivity contribution in [2.45, 2.75) is 32.2 Å². The van der Waals surface area contributed by atoms with E-state index < -0.39 is 0 Å². The largest absolute Gasteiger partial charge is 0.271 e. The van der Waals surface area contributed by atoms with Crippen LogP contribution in [0.25, 0.3) is 0 Å². The van der Waals surface area contributed by atoms with Crippen molar-refractivity contribution in [1.29, 1.82) is 0 Å². The molecule has 1 heterocycles. The van der Waals surface area contributed by atoms with Crippen LogP contribution >= 0.6 is 11.3 Å². The summed E-state index contributed by atoms with van der Waals surface area (Å²) in [4.78, 5) is 4.29. The van der Waals surface area contributed by atoms with E-state index in [1.807, 2.05) is 11.6 Å². The molecule has 78 valence electrons. The van der Waals surface area contributed by atoms with Crippen molar-refractivity contribution in [3.05, 3.63) is 16.6 Å². The van der Waals surface area contributed by atoms with Crippen molar-refractivity contribution in [1.82, 2.24) is 10.4 Å². The van der Waals surface area contributed by atoms with Crippen LogP contribution in [0.3, 0.4) is 0 Å². The lowest BCUT2D eigenvalue weighted by atomic mass is 9.95. The first-order valence-electron chi connectivity index (χ1n) is 5.15. The number of nitrogens with one attached hydrogen (secondary N) is 1. The van der Waals surface area contributed by atoms with Gasteiger partial charge in [0, 0.05) is 24.0 Å². The van der Waals surface area contributed by atoms with Crippen LogP contribution in [0.4, 0.5) is 0 Å². The lowest BCUT2D eigenvalue weighted by molar-refractivity contribution is 0.343. The van der Waals surface area contributed by atoms with E-state index in [0.717, 1.165) is 12.3 Å². The Balaban J connectivity index is 1.92. The van der Waals surface area contributed by atoms with Gasteiger partial charge in [-0.1, -0.05) is 6.92 Å². The summed E-state index contributed by atoms with van der Waals surface area (Å²) in [5.74, 6) is 7.14. The highest BCUT2D eigenvalue weighted by atomic mass is 32.1. The Bertz CT molecular complexity index is 269. The summed E-state index contributed by atoms with van der Waals surface area (Å²) in [7, 11) is 0. The van der Waals surface area contributed by atoms with Crippen LogP contribution in [-0.4, -0.2) is 11.0 Å². The average molecular weight is 211 g/mol. The number of hydrogen-bond acceptors (Lipinski definition) is 4. The number of rotatable bonds is 5. The molecule has 1 aromatic heterocycles. The maximum Gasteiger partial charge on any atom is 0.0940 e. The minimum atomic E-state index is 0.383. The molecule has 1 aromatic rings. The Kier molecular flexibility index (Phi) is 3.15. The molecule has 0 amide bonds. The second-order valence-corrected chi connectivity index (χ2v) is 5.08. The molecule has 1 aliphatic rings. The van der Waals surface area contributed by atoms with Gasteiger partial charge in [-0.15, -0.1) is 11.3 Å². The van der Waals surface area contributed by atoms with Gasteiger partial charge in [0.1, 0.15) is 0 Å². The van der Waals surface area contributed by atoms with Gasteiger partial charge in [-0.2, -0.15) is 0 Å². The van der Waals surface area contributed by atoms with E-state index in [-0.39, 0.29) is 0 Å². The van der Waals surface area contributed by atoms with Crippen molar-refractivity contribution < 1.29 is 0 Å². The lowest BCUT2D eigenvalue weighted by Gasteiger charge is -2.21. The molecule has 0 bridgehead atoms. The highest BCUT2D eigenvalue weighted by Gasteiger charge is 2.33. The van der Waals surface area contributed by atoms with Crippen molar-refractivity contribution >= 4 is 11.3 Å². The number of aromatic nitrogens is 1. The van der Waals surface area contributed by atoms with Crippen molar-refractivity contribution in [2.24, 2.45) is 17.7 Å². The van der Waals surface area contributed by atoms with Gasteiger partial charge in [0.05, 0.1) is 5.01 Å². The first kappa shape index (κ1) is 10.1. The van der Waals surface area contributed by atoms with Gasteiger partial charge in [0.2, 0.25) is 0 Å². The van der Waals surface area contributed by atoms with Crippen LogP contribution in [0.5, 0.6) is 0 Å². The molecule has 0 saturated heterocycles. The van der Waals surface area contributed by atoms with Gasteiger partial charge in [-0.25, -0.2) is 4.98 Å².